The fraction of sp³-hybridized carbons (Fsp3) is 0.423. The van der Waals surface area contributed by atoms with Gasteiger partial charge >= 0.3 is 0 Å². The molecule has 8 N–H and O–H groups in total. The van der Waals surface area contributed by atoms with Crippen LogP contribution in [0.15, 0.2) is 35.9 Å². The van der Waals surface area contributed by atoms with Gasteiger partial charge in [0.1, 0.15) is 47.2 Å². The molecular weight excluding hydrogens is 504 g/mol. The molecule has 0 aromatic heterocycles. The molecule has 0 spiro atoms. The van der Waals surface area contributed by atoms with E-state index >= 15 is 0 Å². The molecule has 38 heavy (non-hydrogen) atoms. The van der Waals surface area contributed by atoms with Gasteiger partial charge in [-0.1, -0.05) is 17.7 Å². The molecule has 2 aromatic carbocycles. The van der Waals surface area contributed by atoms with Crippen LogP contribution in [0, 0.1) is 0 Å². The molecular formula is C26H30O12. The lowest BCUT2D eigenvalue weighted by Gasteiger charge is -2.40. The molecule has 4 rings (SSSR count). The van der Waals surface area contributed by atoms with E-state index in [-0.39, 0.29) is 34.6 Å². The summed E-state index contributed by atoms with van der Waals surface area (Å²) >= 11 is 0. The Bertz CT molecular complexity index is 1240. The molecule has 7 atom stereocenters. The SMILES string of the molecule is CC(C)=CCc1c(O[C@@H]2O[C@H](CO)[C@@H](O)[C@H](O)[C@H]2O)cc2c(c1O)C(=O)[C@H](O)[C@H](c1ccc(O)c(O)c1)O2. The summed E-state index contributed by atoms with van der Waals surface area (Å²) < 4.78 is 17.1. The van der Waals surface area contributed by atoms with Gasteiger partial charge in [-0.15, -0.1) is 0 Å². The van der Waals surface area contributed by atoms with E-state index in [1.54, 1.807) is 6.08 Å². The molecule has 12 heteroatoms. The number of allylic oxidation sites excluding steroid dienone is 2. The summed E-state index contributed by atoms with van der Waals surface area (Å²) in [5.74, 6) is -2.60. The number of hydrogen-bond acceptors (Lipinski definition) is 12. The van der Waals surface area contributed by atoms with Crippen molar-refractivity contribution < 1.29 is 59.9 Å². The van der Waals surface area contributed by atoms with Gasteiger partial charge in [0.2, 0.25) is 12.1 Å². The molecule has 2 aromatic rings. The highest BCUT2D eigenvalue weighted by Crippen LogP contribution is 2.46. The number of hydrogen-bond donors (Lipinski definition) is 8. The molecule has 0 unspecified atom stereocenters. The number of phenols is 3. The van der Waals surface area contributed by atoms with Crippen molar-refractivity contribution in [3.63, 3.8) is 0 Å². The highest BCUT2D eigenvalue weighted by Gasteiger charge is 2.46. The monoisotopic (exact) mass is 534 g/mol. The number of ether oxygens (including phenoxy) is 3. The minimum atomic E-state index is -1.76. The number of carbonyl (C=O) groups excluding carboxylic acids is 1. The van der Waals surface area contributed by atoms with Crippen LogP contribution in [0.4, 0.5) is 0 Å². The van der Waals surface area contributed by atoms with Crippen molar-refractivity contribution in [1.82, 2.24) is 0 Å². The van der Waals surface area contributed by atoms with Gasteiger partial charge in [-0.3, -0.25) is 4.79 Å². The minimum Gasteiger partial charge on any atom is -0.507 e. The number of aliphatic hydroxyl groups excluding tert-OH is 5. The van der Waals surface area contributed by atoms with Crippen LogP contribution in [-0.4, -0.2) is 90.1 Å². The van der Waals surface area contributed by atoms with Crippen LogP contribution in [0.1, 0.15) is 41.4 Å². The zero-order valence-electron chi connectivity index (χ0n) is 20.6. The highest BCUT2D eigenvalue weighted by molar-refractivity contribution is 6.06. The van der Waals surface area contributed by atoms with E-state index in [2.05, 4.69) is 0 Å². The number of ketones is 1. The maximum absolute atomic E-state index is 13.2. The second kappa shape index (κ2) is 10.8. The van der Waals surface area contributed by atoms with Crippen molar-refractivity contribution >= 4 is 5.78 Å². The average Bonchev–Trinajstić information content (AvgIpc) is 2.87. The first kappa shape index (κ1) is 27.6. The Morgan fingerprint density at radius 1 is 1.00 bits per heavy atom. The molecule has 0 saturated carbocycles. The van der Waals surface area contributed by atoms with Gasteiger partial charge in [0.05, 0.1) is 6.61 Å². The molecule has 2 aliphatic heterocycles. The van der Waals surface area contributed by atoms with E-state index < -0.39 is 72.6 Å². The van der Waals surface area contributed by atoms with Crippen molar-refractivity contribution in [1.29, 1.82) is 0 Å². The normalized spacial score (nSPS) is 28.8. The second-order valence-electron chi connectivity index (χ2n) is 9.47. The van der Waals surface area contributed by atoms with Crippen molar-refractivity contribution in [3.8, 4) is 28.7 Å². The van der Waals surface area contributed by atoms with Crippen LogP contribution in [0.2, 0.25) is 0 Å². The number of aromatic hydroxyl groups is 3. The Morgan fingerprint density at radius 2 is 1.71 bits per heavy atom. The summed E-state index contributed by atoms with van der Waals surface area (Å²) in [5, 5.41) is 81.4. The summed E-state index contributed by atoms with van der Waals surface area (Å²) in [5.41, 5.74) is 0.814. The quantitative estimate of drug-likeness (QED) is 0.184. The van der Waals surface area contributed by atoms with Crippen LogP contribution in [0.25, 0.3) is 0 Å². The lowest BCUT2D eigenvalue weighted by molar-refractivity contribution is -0.277. The van der Waals surface area contributed by atoms with Gasteiger partial charge in [-0.25, -0.2) is 0 Å². The van der Waals surface area contributed by atoms with Gasteiger partial charge in [0.25, 0.3) is 0 Å². The zero-order valence-corrected chi connectivity index (χ0v) is 20.6. The minimum absolute atomic E-state index is 0.0623. The molecule has 2 aliphatic rings. The van der Waals surface area contributed by atoms with E-state index in [1.165, 1.54) is 12.1 Å². The summed E-state index contributed by atoms with van der Waals surface area (Å²) in [4.78, 5) is 13.2. The Kier molecular flexibility index (Phi) is 7.83. The Balaban J connectivity index is 1.78. The van der Waals surface area contributed by atoms with Crippen molar-refractivity contribution in [3.05, 3.63) is 52.6 Å². The average molecular weight is 535 g/mol. The van der Waals surface area contributed by atoms with Crippen molar-refractivity contribution in [2.75, 3.05) is 6.61 Å². The second-order valence-corrected chi connectivity index (χ2v) is 9.47. The van der Waals surface area contributed by atoms with Gasteiger partial charge in [-0.2, -0.15) is 0 Å². The van der Waals surface area contributed by atoms with Crippen LogP contribution < -0.4 is 9.47 Å². The first-order valence-electron chi connectivity index (χ1n) is 11.8. The van der Waals surface area contributed by atoms with E-state index in [0.29, 0.717) is 0 Å². The third kappa shape index (κ3) is 5.01. The number of rotatable bonds is 6. The number of aliphatic hydroxyl groups is 5. The Morgan fingerprint density at radius 3 is 2.34 bits per heavy atom. The van der Waals surface area contributed by atoms with Gasteiger partial charge in [-0.05, 0) is 38.0 Å². The number of benzene rings is 2. The number of Topliss-reactive ketones (excluding diaryl/α,β-unsaturated/α-hetero) is 1. The molecule has 0 amide bonds. The van der Waals surface area contributed by atoms with E-state index in [4.69, 9.17) is 14.2 Å². The molecule has 0 radical (unpaired) electrons. The van der Waals surface area contributed by atoms with Crippen LogP contribution in [0.3, 0.4) is 0 Å². The van der Waals surface area contributed by atoms with E-state index in [9.17, 15) is 45.6 Å². The molecule has 0 bridgehead atoms. The first-order valence-corrected chi connectivity index (χ1v) is 11.8. The Labute approximate surface area is 217 Å². The van der Waals surface area contributed by atoms with Crippen molar-refractivity contribution in [2.45, 2.75) is 63.2 Å². The fourth-order valence-corrected chi connectivity index (χ4v) is 4.35. The predicted octanol–water partition coefficient (Wildman–Crippen LogP) is 0.168. The van der Waals surface area contributed by atoms with Crippen LogP contribution in [0.5, 0.6) is 28.7 Å². The molecule has 1 fully saturated rings. The predicted molar refractivity (Wildman–Crippen MR) is 129 cm³/mol. The number of phenolic OH excluding ortho intramolecular Hbond substituents is 3. The number of carbonyl (C=O) groups is 1. The molecule has 1 saturated heterocycles. The number of fused-ring (bicyclic) bond motifs is 1. The van der Waals surface area contributed by atoms with Crippen LogP contribution >= 0.6 is 0 Å². The maximum Gasteiger partial charge on any atom is 0.229 e. The summed E-state index contributed by atoms with van der Waals surface area (Å²) in [7, 11) is 0. The van der Waals surface area contributed by atoms with Gasteiger partial charge in [0, 0.05) is 11.6 Å². The third-order valence-electron chi connectivity index (χ3n) is 6.52. The molecule has 0 aliphatic carbocycles. The fourth-order valence-electron chi connectivity index (χ4n) is 4.35. The Hall–Kier alpha value is -3.39. The molecule has 2 heterocycles. The van der Waals surface area contributed by atoms with E-state index in [0.717, 1.165) is 17.7 Å². The summed E-state index contributed by atoms with van der Waals surface area (Å²) in [6.07, 6.45) is -9.16. The zero-order chi connectivity index (χ0) is 27.9. The third-order valence-corrected chi connectivity index (χ3v) is 6.52. The standard InChI is InChI=1S/C26H30O12/c1-10(2)3-5-12-15(37-26-24(35)22(33)20(31)17(9-27)38-26)8-16-18(19(12)30)21(32)23(34)25(36-16)11-4-6-13(28)14(29)7-11/h3-4,6-8,17,20,22-31,33-35H,5,9H2,1-2H3/t17-,20-,22+,23+,24-,25+,26-/m1/s1. The molecule has 206 valence electrons. The smallest absolute Gasteiger partial charge is 0.229 e. The first-order chi connectivity index (χ1) is 17.9. The maximum atomic E-state index is 13.2. The van der Waals surface area contributed by atoms with E-state index in [1.807, 2.05) is 13.8 Å². The van der Waals surface area contributed by atoms with Crippen molar-refractivity contribution in [2.24, 2.45) is 0 Å². The lowest BCUT2D eigenvalue weighted by atomic mass is 9.90. The topological polar surface area (TPSA) is 207 Å². The molecule has 12 nitrogen and oxygen atoms in total. The summed E-state index contributed by atoms with van der Waals surface area (Å²) in [6, 6.07) is 4.88. The lowest BCUT2D eigenvalue weighted by Crippen LogP contribution is -2.60. The highest BCUT2D eigenvalue weighted by atomic mass is 16.7. The van der Waals surface area contributed by atoms with Crippen LogP contribution in [-0.2, 0) is 11.2 Å². The summed E-state index contributed by atoms with van der Waals surface area (Å²) in [6.45, 7) is 2.94. The van der Waals surface area contributed by atoms with Gasteiger partial charge < -0.3 is 55.1 Å². The largest absolute Gasteiger partial charge is 0.507 e. The van der Waals surface area contributed by atoms with Gasteiger partial charge in [0.15, 0.2) is 23.7 Å².